The fraction of sp³-hybridized carbons (Fsp3) is 0.556. The second kappa shape index (κ2) is 6.10. The Morgan fingerprint density at radius 1 is 1.27 bits per heavy atom. The molecule has 0 amide bonds. The summed E-state index contributed by atoms with van der Waals surface area (Å²) in [6.45, 7) is 2.40. The summed E-state index contributed by atoms with van der Waals surface area (Å²) in [4.78, 5) is 7.95. The third-order valence-electron chi connectivity index (χ3n) is 1.63. The van der Waals surface area contributed by atoms with Gasteiger partial charge in [-0.15, -0.1) is 0 Å². The fourth-order valence-corrected chi connectivity index (χ4v) is 0.971. The number of alkyl halides is 2. The van der Waals surface area contributed by atoms with Crippen LogP contribution in [0, 0.1) is 0 Å². The molecular weight excluding hydrogens is 202 g/mol. The molecule has 1 aromatic rings. The van der Waals surface area contributed by atoms with Gasteiger partial charge in [0, 0.05) is 6.54 Å². The van der Waals surface area contributed by atoms with Gasteiger partial charge in [-0.25, -0.2) is 13.8 Å². The number of aromatic nitrogens is 2. The lowest BCUT2D eigenvalue weighted by Crippen LogP contribution is -2.12. The number of anilines is 2. The number of rotatable bonds is 6. The molecule has 0 saturated carbocycles. The van der Waals surface area contributed by atoms with Crippen molar-refractivity contribution in [2.24, 2.45) is 0 Å². The van der Waals surface area contributed by atoms with E-state index in [2.05, 4.69) is 20.6 Å². The van der Waals surface area contributed by atoms with Crippen LogP contribution in [0.2, 0.25) is 0 Å². The highest BCUT2D eigenvalue weighted by Gasteiger charge is 2.03. The Kier molecular flexibility index (Phi) is 4.73. The van der Waals surface area contributed by atoms with Crippen molar-refractivity contribution in [2.45, 2.75) is 19.8 Å². The Morgan fingerprint density at radius 3 is 2.53 bits per heavy atom. The van der Waals surface area contributed by atoms with E-state index >= 15 is 0 Å². The Labute approximate surface area is 87.1 Å². The number of nitrogens with zero attached hydrogens (tertiary/aromatic N) is 2. The summed E-state index contributed by atoms with van der Waals surface area (Å²) in [7, 11) is 0. The van der Waals surface area contributed by atoms with Gasteiger partial charge in [-0.05, 0) is 6.42 Å². The molecule has 1 aromatic heterocycles. The predicted molar refractivity (Wildman–Crippen MR) is 55.3 cm³/mol. The van der Waals surface area contributed by atoms with Crippen LogP contribution < -0.4 is 10.6 Å². The van der Waals surface area contributed by atoms with Crippen LogP contribution in [0.15, 0.2) is 12.4 Å². The zero-order valence-corrected chi connectivity index (χ0v) is 8.50. The Morgan fingerprint density at radius 2 is 1.93 bits per heavy atom. The third-order valence-corrected chi connectivity index (χ3v) is 1.63. The van der Waals surface area contributed by atoms with Gasteiger partial charge >= 0.3 is 0 Å². The lowest BCUT2D eigenvalue weighted by Gasteiger charge is -2.07. The van der Waals surface area contributed by atoms with Crippen molar-refractivity contribution in [3.8, 4) is 0 Å². The van der Waals surface area contributed by atoms with Crippen LogP contribution in [-0.2, 0) is 0 Å². The number of nitrogens with one attached hydrogen (secondary N) is 2. The normalized spacial score (nSPS) is 10.4. The van der Waals surface area contributed by atoms with E-state index in [0.717, 1.165) is 13.0 Å². The first-order valence-electron chi connectivity index (χ1n) is 4.80. The van der Waals surface area contributed by atoms with Gasteiger partial charge in [-0.3, -0.25) is 4.98 Å². The standard InChI is InChI=1S/C9H14F2N4/c1-2-3-13-8-5-12-6-9(15-8)14-4-7(10)11/h5-7H,2-4H2,1H3,(H2,13,14,15). The van der Waals surface area contributed by atoms with E-state index in [1.165, 1.54) is 6.20 Å². The van der Waals surface area contributed by atoms with Gasteiger partial charge in [-0.1, -0.05) is 6.92 Å². The maximum Gasteiger partial charge on any atom is 0.255 e. The smallest absolute Gasteiger partial charge is 0.255 e. The van der Waals surface area contributed by atoms with Crippen molar-refractivity contribution in [3.05, 3.63) is 12.4 Å². The van der Waals surface area contributed by atoms with Gasteiger partial charge in [-0.2, -0.15) is 0 Å². The summed E-state index contributed by atoms with van der Waals surface area (Å²) in [5.41, 5.74) is 0. The molecule has 2 N–H and O–H groups in total. The average molecular weight is 216 g/mol. The minimum atomic E-state index is -2.39. The first-order valence-corrected chi connectivity index (χ1v) is 4.80. The summed E-state index contributed by atoms with van der Waals surface area (Å²) in [6.07, 6.45) is 1.55. The molecule has 0 aliphatic rings. The van der Waals surface area contributed by atoms with Crippen LogP contribution in [0.1, 0.15) is 13.3 Å². The molecule has 0 radical (unpaired) electrons. The average Bonchev–Trinajstić information content (AvgIpc) is 2.24. The molecule has 84 valence electrons. The molecule has 0 unspecified atom stereocenters. The van der Waals surface area contributed by atoms with Crippen molar-refractivity contribution in [2.75, 3.05) is 23.7 Å². The first-order chi connectivity index (χ1) is 7.22. The molecule has 0 aromatic carbocycles. The van der Waals surface area contributed by atoms with E-state index in [0.29, 0.717) is 11.6 Å². The van der Waals surface area contributed by atoms with Crippen molar-refractivity contribution in [1.29, 1.82) is 0 Å². The topological polar surface area (TPSA) is 49.8 Å². The van der Waals surface area contributed by atoms with Gasteiger partial charge in [0.05, 0.1) is 18.9 Å². The van der Waals surface area contributed by atoms with E-state index in [-0.39, 0.29) is 0 Å². The maximum atomic E-state index is 11.9. The van der Waals surface area contributed by atoms with Crippen LogP contribution in [0.5, 0.6) is 0 Å². The molecule has 0 atom stereocenters. The van der Waals surface area contributed by atoms with Crippen molar-refractivity contribution in [1.82, 2.24) is 9.97 Å². The Balaban J connectivity index is 2.50. The van der Waals surface area contributed by atoms with Crippen LogP contribution in [0.3, 0.4) is 0 Å². The maximum absolute atomic E-state index is 11.9. The predicted octanol–water partition coefficient (Wildman–Crippen LogP) is 1.98. The number of hydrogen-bond donors (Lipinski definition) is 2. The number of hydrogen-bond acceptors (Lipinski definition) is 4. The zero-order valence-electron chi connectivity index (χ0n) is 8.50. The highest BCUT2D eigenvalue weighted by atomic mass is 19.3. The van der Waals surface area contributed by atoms with Crippen molar-refractivity contribution in [3.63, 3.8) is 0 Å². The minimum absolute atomic E-state index is 0.358. The van der Waals surface area contributed by atoms with Gasteiger partial charge < -0.3 is 10.6 Å². The van der Waals surface area contributed by atoms with Gasteiger partial charge in [0.1, 0.15) is 11.6 Å². The lowest BCUT2D eigenvalue weighted by molar-refractivity contribution is 0.163. The monoisotopic (exact) mass is 216 g/mol. The second-order valence-corrected chi connectivity index (χ2v) is 2.99. The summed E-state index contributed by atoms with van der Waals surface area (Å²) in [5.74, 6) is 0.951. The first kappa shape index (κ1) is 11.6. The molecule has 4 nitrogen and oxygen atoms in total. The molecule has 0 bridgehead atoms. The molecule has 1 rings (SSSR count). The lowest BCUT2D eigenvalue weighted by atomic mass is 10.5. The molecule has 0 saturated heterocycles. The van der Waals surface area contributed by atoms with Gasteiger partial charge in [0.2, 0.25) is 0 Å². The van der Waals surface area contributed by atoms with E-state index < -0.39 is 13.0 Å². The third kappa shape index (κ3) is 4.53. The number of halogens is 2. The molecule has 0 fully saturated rings. The summed E-state index contributed by atoms with van der Waals surface area (Å²) < 4.78 is 23.8. The molecule has 6 heteroatoms. The van der Waals surface area contributed by atoms with Crippen LogP contribution >= 0.6 is 0 Å². The molecule has 0 spiro atoms. The van der Waals surface area contributed by atoms with E-state index in [9.17, 15) is 8.78 Å². The van der Waals surface area contributed by atoms with E-state index in [1.54, 1.807) is 6.20 Å². The van der Waals surface area contributed by atoms with Gasteiger partial charge in [0.25, 0.3) is 6.43 Å². The highest BCUT2D eigenvalue weighted by molar-refractivity contribution is 5.41. The minimum Gasteiger partial charge on any atom is -0.369 e. The van der Waals surface area contributed by atoms with Crippen LogP contribution in [0.4, 0.5) is 20.4 Å². The molecular formula is C9H14F2N4. The Bertz CT molecular complexity index is 293. The fourth-order valence-electron chi connectivity index (χ4n) is 0.971. The van der Waals surface area contributed by atoms with Crippen molar-refractivity contribution >= 4 is 11.6 Å². The zero-order chi connectivity index (χ0) is 11.1. The van der Waals surface area contributed by atoms with E-state index in [4.69, 9.17) is 0 Å². The highest BCUT2D eigenvalue weighted by Crippen LogP contribution is 2.07. The molecule has 0 aliphatic carbocycles. The quantitative estimate of drug-likeness (QED) is 0.763. The molecule has 1 heterocycles. The van der Waals surface area contributed by atoms with E-state index in [1.807, 2.05) is 6.92 Å². The second-order valence-electron chi connectivity index (χ2n) is 2.99. The molecule has 15 heavy (non-hydrogen) atoms. The summed E-state index contributed by atoms with van der Waals surface area (Å²) in [6, 6.07) is 0. The van der Waals surface area contributed by atoms with Crippen molar-refractivity contribution < 1.29 is 8.78 Å². The summed E-state index contributed by atoms with van der Waals surface area (Å²) in [5, 5.41) is 5.52. The largest absolute Gasteiger partial charge is 0.369 e. The van der Waals surface area contributed by atoms with Gasteiger partial charge in [0.15, 0.2) is 0 Å². The van der Waals surface area contributed by atoms with Crippen LogP contribution in [-0.4, -0.2) is 29.5 Å². The SMILES string of the molecule is CCCNc1cncc(NCC(F)F)n1. The molecule has 0 aliphatic heterocycles. The van der Waals surface area contributed by atoms with Crippen LogP contribution in [0.25, 0.3) is 0 Å². The Hall–Kier alpha value is -1.46. The summed E-state index contributed by atoms with van der Waals surface area (Å²) >= 11 is 0.